The molecule has 0 aromatic heterocycles. The molecule has 49 heteroatoms. The van der Waals surface area contributed by atoms with E-state index in [-0.39, 0.29) is 63.7 Å². The minimum atomic E-state index is -1.46. The Bertz CT molecular complexity index is 2970. The maximum absolute atomic E-state index is 8.32. The highest BCUT2D eigenvalue weighted by molar-refractivity contribution is 5.77. The van der Waals surface area contributed by atoms with Crippen molar-refractivity contribution < 1.29 is 133 Å². The zero-order chi connectivity index (χ0) is 81.9. The fraction of sp³-hybridized carbons (Fsp3) is 0.889. The van der Waals surface area contributed by atoms with Crippen molar-refractivity contribution in [2.24, 2.45) is 72.3 Å². The minimum Gasteiger partial charge on any atom is -0.376 e. The maximum atomic E-state index is 8.32. The molecule has 0 saturated carbocycles. The summed E-state index contributed by atoms with van der Waals surface area (Å²) in [5.74, 6) is -2.80. The normalized spacial score (nSPS) is 41.2. The van der Waals surface area contributed by atoms with Gasteiger partial charge in [0.25, 0.3) is 0 Å². The van der Waals surface area contributed by atoms with Crippen LogP contribution in [0.2, 0.25) is 0 Å². The molecule has 49 nitrogen and oxygen atoms in total. The highest BCUT2D eigenvalue weighted by Crippen LogP contribution is 2.43. The fourth-order valence-corrected chi connectivity index (χ4v) is 15.3. The standard InChI is InChI=1S/C63H119N21O28/c1-85-36-29-22(15-78-57(64)65)99-50(43(36)92-8)107-30-23(16-79-58(66)67)101-52(45(94-10)37(30)86-2)109-32-25(18-81-60(70)71)103-54(47(96-12)39(32)88-4)111-34-27(20-83-62(74)75)105-56(49(98-14)41(34)90-6)112-35-28(21-84-63(76)77)104-55(48(97-13)42(35)91-7)110-33-26(19-82-61(72)73)102-53(46(95-11)40(33)89-5)108-31-24(17-80-59(68)69)100-51(106-29)44(93-9)38(31)87-3/h22-56H,15-21H2,1-14H3,(H4,64,65,78)(H4,66,67,79)(H4,68,69,80)(H4,70,71,81)(H4,72,73,82)(H4,74,75,83)(H4,76,77,84)/t22-,23-,24-,25-,26-,27-,28-,29-,30-,31-,32-,33-,34-,35-,36+,37+,38+,39+,40+,41+,42+,43-,44-,45-,46-,47-,48-,49-,50-,51-,52-,53-,54-,55-,56-/m1/s1. The van der Waals surface area contributed by atoms with Gasteiger partial charge in [-0.25, -0.2) is 0 Å². The summed E-state index contributed by atoms with van der Waals surface area (Å²) in [4.78, 5) is 13.1. The Morgan fingerprint density at radius 1 is 0.223 bits per heavy atom. The molecular formula is C63H119N21O28. The van der Waals surface area contributed by atoms with Gasteiger partial charge in [0, 0.05) is 126 Å². The molecule has 21 rings (SSSR count). The number of hydrogen-bond acceptors (Lipinski definition) is 35. The van der Waals surface area contributed by atoms with Crippen molar-refractivity contribution >= 4 is 41.7 Å². The summed E-state index contributed by atoms with van der Waals surface area (Å²) in [6.45, 7) is -1.89. The molecule has 0 unspecified atom stereocenters. The topological polar surface area (TPSA) is 699 Å². The lowest BCUT2D eigenvalue weighted by molar-refractivity contribution is -0.397. The van der Waals surface area contributed by atoms with Crippen molar-refractivity contribution in [3.05, 3.63) is 0 Å². The quantitative estimate of drug-likeness (QED) is 0.0255. The molecule has 0 aliphatic carbocycles. The highest BCUT2D eigenvalue weighted by Gasteiger charge is 2.62. The van der Waals surface area contributed by atoms with E-state index in [1.165, 1.54) is 99.5 Å². The van der Waals surface area contributed by atoms with E-state index in [9.17, 15) is 0 Å². The Kier molecular flexibility index (Phi) is 35.1. The van der Waals surface area contributed by atoms with Crippen LogP contribution in [0, 0.1) is 21.6 Å². The van der Waals surface area contributed by atoms with Crippen molar-refractivity contribution in [1.82, 2.24) is 21.3 Å². The van der Waals surface area contributed by atoms with Crippen LogP contribution in [-0.2, 0) is 133 Å². The zero-order valence-electron chi connectivity index (χ0n) is 65.2. The summed E-state index contributed by atoms with van der Waals surface area (Å²) >= 11 is 0. The molecule has 14 bridgehead atoms. The Balaban J connectivity index is 1.31. The van der Waals surface area contributed by atoms with E-state index in [1.807, 2.05) is 0 Å². The number of guanidine groups is 7. The number of methoxy groups -OCH3 is 14. The van der Waals surface area contributed by atoms with Gasteiger partial charge in [-0.05, 0) is 0 Å². The first-order chi connectivity index (χ1) is 53.7. The number of nitrogens with one attached hydrogen (secondary N) is 8. The first-order valence-corrected chi connectivity index (χ1v) is 35.7. The van der Waals surface area contributed by atoms with Gasteiger partial charge in [0.05, 0.1) is 19.6 Å². The van der Waals surface area contributed by atoms with Gasteiger partial charge in [0.15, 0.2) is 85.7 Å². The van der Waals surface area contributed by atoms with Gasteiger partial charge in [0.2, 0.25) is 0 Å². The molecule has 21 fully saturated rings. The van der Waals surface area contributed by atoms with Gasteiger partial charge in [-0.2, -0.15) is 0 Å². The number of nitrogens with two attached hydrogens (primary N) is 10. The third-order valence-corrected chi connectivity index (χ3v) is 20.3. The molecule has 21 saturated heterocycles. The molecule has 28 N–H and O–H groups in total. The van der Waals surface area contributed by atoms with Crippen LogP contribution in [0.25, 0.3) is 0 Å². The van der Waals surface area contributed by atoms with Crippen molar-refractivity contribution in [2.75, 3.05) is 145 Å². The maximum Gasteiger partial charge on any atom is 0.187 e. The SMILES string of the molecule is CO[C@@H]1[C@@H](OC)[C@H]2O[C@H]3[C@H](OC)[C@@H](OC)[C@@H](O[C@H]4[C@H](OC)[C@@H](OC)[C@@H](O[C@H]5[C@H](OC)[C@@H](OC)[C@@H](O[C@H]6[C@H](OC)[C@@H](OC)[C@@H](O[C@H]7[C@H](OC)[C@@H](OC)[C@@H](O[C@H]8[C@H](OC)[C@@H](OC)[C@@H](O[C@@H]1[C@@H](CN=C(N)N)O2)O[C@@H]8CNC(=N)N)O[C@@H]7CN=C(N)N)O[C@@H]6CNC(=N)N)O[C@@H]5CNC(=N)N)O[C@@H]4CN=C(N)N)O[C@@H]3CNC(=N)N. The smallest absolute Gasteiger partial charge is 0.187 e. The van der Waals surface area contributed by atoms with Crippen LogP contribution in [0.15, 0.2) is 15.0 Å². The monoisotopic (exact) mass is 1620 g/mol. The predicted octanol–water partition coefficient (Wildman–Crippen LogP) is -10.3. The average Bonchev–Trinajstić information content (AvgIpc) is 0.767. The van der Waals surface area contributed by atoms with Crippen LogP contribution >= 0.6 is 0 Å². The third kappa shape index (κ3) is 21.7. The van der Waals surface area contributed by atoms with Gasteiger partial charge < -0.3 is 211 Å². The summed E-state index contributed by atoms with van der Waals surface area (Å²) in [5.41, 5.74) is 60.2. The minimum absolute atomic E-state index is 0.243. The van der Waals surface area contributed by atoms with Crippen LogP contribution in [-0.4, -0.2) is 402 Å². The van der Waals surface area contributed by atoms with E-state index in [1.54, 1.807) is 0 Å². The van der Waals surface area contributed by atoms with E-state index in [2.05, 4.69) is 36.2 Å². The van der Waals surface area contributed by atoms with Crippen molar-refractivity contribution in [1.29, 1.82) is 21.6 Å². The van der Waals surface area contributed by atoms with Gasteiger partial charge in [-0.15, -0.1) is 0 Å². The number of aliphatic imine (C=N–C) groups is 3. The molecular weight excluding hydrogens is 1500 g/mol. The van der Waals surface area contributed by atoms with Crippen LogP contribution in [0.5, 0.6) is 0 Å². The average molecular weight is 1620 g/mol. The lowest BCUT2D eigenvalue weighted by Crippen LogP contribution is -2.70. The molecule has 0 amide bonds. The summed E-state index contributed by atoms with van der Waals surface area (Å²) in [6, 6.07) is 0. The molecule has 21 aliphatic rings. The molecule has 0 spiro atoms. The number of ether oxygens (including phenoxy) is 28. The van der Waals surface area contributed by atoms with Crippen molar-refractivity contribution in [3.8, 4) is 0 Å². The molecule has 21 heterocycles. The summed E-state index contributed by atoms with van der Waals surface area (Å²) < 4.78 is 186. The number of nitrogens with zero attached hydrogens (tertiary/aromatic N) is 3. The Morgan fingerprint density at radius 3 is 0.482 bits per heavy atom. The Morgan fingerprint density at radius 2 is 0.357 bits per heavy atom. The van der Waals surface area contributed by atoms with E-state index in [0.29, 0.717) is 0 Å². The van der Waals surface area contributed by atoms with E-state index in [4.69, 9.17) is 212 Å². The number of hydrogen-bond donors (Lipinski definition) is 18. The first kappa shape index (κ1) is 91.3. The molecule has 21 aliphatic heterocycles. The van der Waals surface area contributed by atoms with Crippen molar-refractivity contribution in [2.45, 2.75) is 215 Å². The van der Waals surface area contributed by atoms with Crippen LogP contribution in [0.3, 0.4) is 0 Å². The molecule has 35 atom stereocenters. The van der Waals surface area contributed by atoms with Gasteiger partial charge in [-0.3, -0.25) is 36.6 Å². The Labute approximate surface area is 648 Å². The third-order valence-electron chi connectivity index (χ3n) is 20.3. The largest absolute Gasteiger partial charge is 0.376 e. The van der Waals surface area contributed by atoms with E-state index < -0.39 is 239 Å². The fourth-order valence-electron chi connectivity index (χ4n) is 15.3. The summed E-state index contributed by atoms with van der Waals surface area (Å²) in [5, 5.41) is 44.6. The second-order valence-electron chi connectivity index (χ2n) is 26.8. The number of rotatable bonds is 28. The van der Waals surface area contributed by atoms with Crippen LogP contribution in [0.1, 0.15) is 0 Å². The lowest BCUT2D eigenvalue weighted by atomic mass is 9.94. The molecule has 0 radical (unpaired) electrons. The second-order valence-corrected chi connectivity index (χ2v) is 26.8. The predicted molar refractivity (Wildman–Crippen MR) is 388 cm³/mol. The van der Waals surface area contributed by atoms with Crippen LogP contribution in [0.4, 0.5) is 0 Å². The van der Waals surface area contributed by atoms with E-state index in [0.717, 1.165) is 0 Å². The zero-order valence-corrected chi connectivity index (χ0v) is 65.2. The first-order valence-electron chi connectivity index (χ1n) is 35.7. The van der Waals surface area contributed by atoms with E-state index >= 15 is 0 Å². The molecule has 0 aromatic rings. The molecule has 112 heavy (non-hydrogen) atoms. The van der Waals surface area contributed by atoms with Gasteiger partial charge in [-0.1, -0.05) is 0 Å². The second kappa shape index (κ2) is 43.1. The highest BCUT2D eigenvalue weighted by atomic mass is 16.8. The van der Waals surface area contributed by atoms with Crippen molar-refractivity contribution in [3.63, 3.8) is 0 Å². The lowest BCUT2D eigenvalue weighted by Gasteiger charge is -2.52. The molecule has 0 aromatic carbocycles. The summed E-state index contributed by atoms with van der Waals surface area (Å²) in [7, 11) is 19.5. The van der Waals surface area contributed by atoms with Gasteiger partial charge in [0.1, 0.15) is 171 Å². The Hall–Kier alpha value is -6.23. The summed E-state index contributed by atoms with van der Waals surface area (Å²) in [6.07, 6.45) is -44.4. The van der Waals surface area contributed by atoms with Crippen LogP contribution < -0.4 is 78.6 Å². The van der Waals surface area contributed by atoms with Gasteiger partial charge >= 0.3 is 0 Å². The molecule has 644 valence electrons.